The number of carbonyl (C=O) groups excluding carboxylic acids is 2. The maximum Gasteiger partial charge on any atom is 0.275 e. The van der Waals surface area contributed by atoms with E-state index in [0.29, 0.717) is 33.2 Å². The monoisotopic (exact) mass is 504 g/mol. The number of hydrogen-bond donors (Lipinski definition) is 1. The van der Waals surface area contributed by atoms with Crippen molar-refractivity contribution < 1.29 is 27.5 Å². The summed E-state index contributed by atoms with van der Waals surface area (Å²) < 4.78 is 47.6. The lowest BCUT2D eigenvalue weighted by molar-refractivity contribution is -0.122. The maximum atomic E-state index is 13.8. The van der Waals surface area contributed by atoms with E-state index in [-0.39, 0.29) is 18.8 Å². The molecular formula is C24H20ClF3N4O3. The summed E-state index contributed by atoms with van der Waals surface area (Å²) in [5, 5.41) is 7.11. The van der Waals surface area contributed by atoms with E-state index in [1.54, 1.807) is 31.3 Å². The van der Waals surface area contributed by atoms with Crippen LogP contribution in [0.1, 0.15) is 28.0 Å². The zero-order valence-corrected chi connectivity index (χ0v) is 19.3. The first-order valence-electron chi connectivity index (χ1n) is 10.8. The fourth-order valence-electron chi connectivity index (χ4n) is 4.16. The van der Waals surface area contributed by atoms with Crippen LogP contribution in [-0.2, 0) is 25.0 Å². The highest BCUT2D eigenvalue weighted by Crippen LogP contribution is 2.42. The minimum atomic E-state index is -2.95. The molecule has 2 amide bonds. The predicted octanol–water partition coefficient (Wildman–Crippen LogP) is 3.94. The summed E-state index contributed by atoms with van der Waals surface area (Å²) in [6.45, 7) is -0.566. The molecular weight excluding hydrogens is 485 g/mol. The van der Waals surface area contributed by atoms with Gasteiger partial charge in [-0.1, -0.05) is 23.7 Å². The Hall–Kier alpha value is -3.53. The van der Waals surface area contributed by atoms with Gasteiger partial charge in [0.05, 0.1) is 11.7 Å². The largest absolute Gasteiger partial charge is 0.488 e. The Bertz CT molecular complexity index is 1340. The predicted molar refractivity (Wildman–Crippen MR) is 121 cm³/mol. The maximum absolute atomic E-state index is 13.8. The molecule has 1 aliphatic carbocycles. The molecule has 5 rings (SSSR count). The molecule has 1 saturated carbocycles. The Morgan fingerprint density at radius 2 is 2.06 bits per heavy atom. The molecule has 2 aromatic carbocycles. The third kappa shape index (κ3) is 4.58. The van der Waals surface area contributed by atoms with Crippen molar-refractivity contribution in [2.45, 2.75) is 31.5 Å². The number of halogens is 4. The number of hydrogen-bond acceptors (Lipinski definition) is 4. The molecule has 1 unspecified atom stereocenters. The molecule has 2 heterocycles. The zero-order chi connectivity index (χ0) is 24.9. The minimum absolute atomic E-state index is 0.0501. The van der Waals surface area contributed by atoms with Gasteiger partial charge in [0.1, 0.15) is 24.7 Å². The summed E-state index contributed by atoms with van der Waals surface area (Å²) in [4.78, 5) is 27.3. The van der Waals surface area contributed by atoms with E-state index < -0.39 is 42.6 Å². The van der Waals surface area contributed by atoms with E-state index in [2.05, 4.69) is 10.4 Å². The number of benzene rings is 2. The van der Waals surface area contributed by atoms with Crippen LogP contribution in [0.4, 0.5) is 13.2 Å². The Kier molecular flexibility index (Phi) is 5.71. The van der Waals surface area contributed by atoms with Gasteiger partial charge in [0.25, 0.3) is 11.8 Å². The molecule has 3 aromatic rings. The number of alkyl halides is 2. The van der Waals surface area contributed by atoms with Crippen LogP contribution in [0.25, 0.3) is 11.3 Å². The van der Waals surface area contributed by atoms with Gasteiger partial charge in [0, 0.05) is 36.2 Å². The molecule has 1 atom stereocenters. The second-order valence-electron chi connectivity index (χ2n) is 8.60. The van der Waals surface area contributed by atoms with Crippen molar-refractivity contribution in [2.24, 2.45) is 7.05 Å². The number of carbonyl (C=O) groups is 2. The number of fused-ring (bicyclic) bond motifs is 3. The summed E-state index contributed by atoms with van der Waals surface area (Å²) in [6, 6.07) is 9.45. The molecule has 1 aromatic heterocycles. The third-order valence-corrected chi connectivity index (χ3v) is 6.20. The molecule has 11 heteroatoms. The number of amides is 2. The van der Waals surface area contributed by atoms with Crippen molar-refractivity contribution in [1.82, 2.24) is 20.0 Å². The first-order valence-corrected chi connectivity index (χ1v) is 11.2. The zero-order valence-electron chi connectivity index (χ0n) is 18.5. The third-order valence-electron chi connectivity index (χ3n) is 5.96. The van der Waals surface area contributed by atoms with Crippen molar-refractivity contribution in [3.8, 4) is 17.0 Å². The molecule has 2 aliphatic rings. The van der Waals surface area contributed by atoms with Crippen LogP contribution in [0.2, 0.25) is 5.02 Å². The lowest BCUT2D eigenvalue weighted by atomic mass is 10.0. The van der Waals surface area contributed by atoms with E-state index in [4.69, 9.17) is 16.3 Å². The average molecular weight is 505 g/mol. The summed E-state index contributed by atoms with van der Waals surface area (Å²) in [6.07, 6.45) is -0.441. The Balaban J connectivity index is 1.46. The van der Waals surface area contributed by atoms with E-state index in [1.165, 1.54) is 22.9 Å². The quantitative estimate of drug-likeness (QED) is 0.552. The molecule has 7 nitrogen and oxygen atoms in total. The van der Waals surface area contributed by atoms with Gasteiger partial charge in [-0.15, -0.1) is 0 Å². The normalized spacial score (nSPS) is 17.1. The first kappa shape index (κ1) is 23.2. The summed E-state index contributed by atoms with van der Waals surface area (Å²) in [5.74, 6) is -4.22. The first-order chi connectivity index (χ1) is 16.6. The molecule has 0 saturated heterocycles. The fourth-order valence-corrected chi connectivity index (χ4v) is 4.34. The van der Waals surface area contributed by atoms with E-state index in [0.717, 1.165) is 4.90 Å². The Morgan fingerprint density at radius 1 is 1.29 bits per heavy atom. The topological polar surface area (TPSA) is 76.5 Å². The fraction of sp³-hybridized carbons (Fsp3) is 0.292. The Morgan fingerprint density at radius 3 is 2.77 bits per heavy atom. The van der Waals surface area contributed by atoms with Gasteiger partial charge in [-0.3, -0.25) is 14.3 Å². The van der Waals surface area contributed by atoms with Gasteiger partial charge < -0.3 is 15.0 Å². The van der Waals surface area contributed by atoms with E-state index in [9.17, 15) is 22.8 Å². The van der Waals surface area contributed by atoms with Crippen molar-refractivity contribution >= 4 is 23.4 Å². The Labute approximate surface area is 203 Å². The highest BCUT2D eigenvalue weighted by molar-refractivity contribution is 6.31. The summed E-state index contributed by atoms with van der Waals surface area (Å²) >= 11 is 6.15. The van der Waals surface area contributed by atoms with Gasteiger partial charge in [-0.05, 0) is 35.9 Å². The molecule has 1 fully saturated rings. The van der Waals surface area contributed by atoms with Gasteiger partial charge in [-0.2, -0.15) is 5.10 Å². The molecule has 0 radical (unpaired) electrons. The van der Waals surface area contributed by atoms with Crippen molar-refractivity contribution in [2.75, 3.05) is 6.54 Å². The van der Waals surface area contributed by atoms with Crippen molar-refractivity contribution in [3.05, 3.63) is 70.1 Å². The van der Waals surface area contributed by atoms with Crippen molar-refractivity contribution in [1.29, 1.82) is 0 Å². The van der Waals surface area contributed by atoms with E-state index >= 15 is 0 Å². The number of nitrogens with zero attached hydrogens (tertiary/aromatic N) is 3. The number of aromatic nitrogens is 2. The smallest absolute Gasteiger partial charge is 0.275 e. The van der Waals surface area contributed by atoms with Crippen LogP contribution in [0.3, 0.4) is 0 Å². The molecule has 1 aliphatic heterocycles. The minimum Gasteiger partial charge on any atom is -0.488 e. The van der Waals surface area contributed by atoms with Crippen LogP contribution in [-0.4, -0.2) is 45.0 Å². The summed E-state index contributed by atoms with van der Waals surface area (Å²) in [7, 11) is 1.67. The van der Waals surface area contributed by atoms with Crippen LogP contribution >= 0.6 is 11.6 Å². The van der Waals surface area contributed by atoms with Gasteiger partial charge >= 0.3 is 0 Å². The number of aryl methyl sites for hydroxylation is 1. The molecule has 35 heavy (non-hydrogen) atoms. The summed E-state index contributed by atoms with van der Waals surface area (Å²) in [5.41, 5.74) is 2.30. The van der Waals surface area contributed by atoms with Crippen LogP contribution in [0, 0.1) is 5.82 Å². The number of ether oxygens (including phenoxy) is 1. The van der Waals surface area contributed by atoms with Gasteiger partial charge in [-0.25, -0.2) is 13.2 Å². The molecule has 0 bridgehead atoms. The standard InChI is InChI=1S/C24H20ClF3N4O3/c1-31-22-16-8-14(25)5-6-18(16)35-12-17(22)21(30-31)23(34)32(10-13-3-2-4-15(26)7-13)11-20(33)29-19-9-24(19,27)28/h2-8,19H,9-12H2,1H3,(H,29,33). The average Bonchev–Trinajstić information content (AvgIpc) is 3.24. The lowest BCUT2D eigenvalue weighted by Gasteiger charge is -2.23. The lowest BCUT2D eigenvalue weighted by Crippen LogP contribution is -2.42. The molecule has 0 spiro atoms. The van der Waals surface area contributed by atoms with Crippen LogP contribution < -0.4 is 10.1 Å². The highest BCUT2D eigenvalue weighted by atomic mass is 35.5. The molecule has 1 N–H and O–H groups in total. The van der Waals surface area contributed by atoms with Gasteiger partial charge in [0.15, 0.2) is 5.69 Å². The number of nitrogens with one attached hydrogen (secondary N) is 1. The SMILES string of the molecule is Cn1nc(C(=O)N(CC(=O)NC2CC2(F)F)Cc2cccc(F)c2)c2c1-c1cc(Cl)ccc1OC2. The van der Waals surface area contributed by atoms with Crippen LogP contribution in [0.15, 0.2) is 42.5 Å². The van der Waals surface area contributed by atoms with Gasteiger partial charge in [0.2, 0.25) is 5.91 Å². The highest BCUT2D eigenvalue weighted by Gasteiger charge is 2.57. The van der Waals surface area contributed by atoms with Crippen molar-refractivity contribution in [3.63, 3.8) is 0 Å². The second-order valence-corrected chi connectivity index (χ2v) is 9.04. The van der Waals surface area contributed by atoms with Crippen LogP contribution in [0.5, 0.6) is 5.75 Å². The van der Waals surface area contributed by atoms with E-state index in [1.807, 2.05) is 0 Å². The number of rotatable bonds is 6. The molecule has 182 valence electrons. The second kappa shape index (κ2) is 8.60.